The molecule has 0 unspecified atom stereocenters. The third-order valence-corrected chi connectivity index (χ3v) is 6.48. The van der Waals surface area contributed by atoms with Gasteiger partial charge >= 0.3 is 0 Å². The molecule has 2 aromatic rings. The number of thiazole rings is 1. The molecule has 7 heteroatoms. The summed E-state index contributed by atoms with van der Waals surface area (Å²) in [5, 5.41) is 9.39. The molecule has 0 saturated carbocycles. The van der Waals surface area contributed by atoms with Crippen molar-refractivity contribution in [1.29, 1.82) is 0 Å². The van der Waals surface area contributed by atoms with Gasteiger partial charge in [0.15, 0.2) is 0 Å². The van der Waals surface area contributed by atoms with Crippen LogP contribution < -0.4 is 0 Å². The number of amides is 1. The van der Waals surface area contributed by atoms with Gasteiger partial charge in [0, 0.05) is 49.7 Å². The predicted octanol–water partition coefficient (Wildman–Crippen LogP) is 2.54. The van der Waals surface area contributed by atoms with Crippen LogP contribution in [0.5, 0.6) is 0 Å². The number of carbonyl (C=O) groups excluding carboxylic acids is 1. The van der Waals surface area contributed by atoms with Crippen LogP contribution in [0.15, 0.2) is 10.9 Å². The van der Waals surface area contributed by atoms with E-state index in [1.165, 1.54) is 12.0 Å². The molecule has 1 amide bonds. The molecule has 2 aromatic heterocycles. The minimum atomic E-state index is 0.301. The Labute approximate surface area is 158 Å². The molecule has 2 atom stereocenters. The van der Waals surface area contributed by atoms with Gasteiger partial charge in [-0.1, -0.05) is 0 Å². The Kier molecular flexibility index (Phi) is 5.09. The van der Waals surface area contributed by atoms with Gasteiger partial charge in [-0.05, 0) is 44.6 Å². The molecule has 3 saturated heterocycles. The molecule has 3 fully saturated rings. The van der Waals surface area contributed by atoms with Gasteiger partial charge in [0.1, 0.15) is 0 Å². The number of hydrogen-bond donors (Lipinski definition) is 1. The lowest BCUT2D eigenvalue weighted by molar-refractivity contribution is -0.135. The maximum Gasteiger partial charge on any atom is 0.223 e. The molecule has 2 bridgehead atoms. The zero-order chi connectivity index (χ0) is 18.1. The molecule has 3 aliphatic heterocycles. The lowest BCUT2D eigenvalue weighted by Crippen LogP contribution is -2.47. The molecular formula is C19H27N5OS. The lowest BCUT2D eigenvalue weighted by Gasteiger charge is -2.36. The van der Waals surface area contributed by atoms with Crippen molar-refractivity contribution in [1.82, 2.24) is 25.0 Å². The summed E-state index contributed by atoms with van der Waals surface area (Å²) in [6.45, 7) is 7.92. The van der Waals surface area contributed by atoms with E-state index < -0.39 is 0 Å². The van der Waals surface area contributed by atoms with Crippen LogP contribution in [0.3, 0.4) is 0 Å². The van der Waals surface area contributed by atoms with Crippen molar-refractivity contribution in [3.8, 4) is 0 Å². The van der Waals surface area contributed by atoms with Crippen LogP contribution >= 0.6 is 11.3 Å². The standard InChI is InChI=1S/C19H27N5OS/c1-13-18(14(2)22-21-13)5-6-19(25)24-8-15-3-4-17(24)10-23(7-15)9-16-11-26-12-20-16/h11-12,15,17H,3-10H2,1-2H3,(H,21,22)/t15-,17+/m0/s1. The maximum atomic E-state index is 12.9. The summed E-state index contributed by atoms with van der Waals surface area (Å²) >= 11 is 1.65. The van der Waals surface area contributed by atoms with E-state index in [4.69, 9.17) is 0 Å². The number of hydrogen-bond acceptors (Lipinski definition) is 5. The smallest absolute Gasteiger partial charge is 0.223 e. The Balaban J connectivity index is 1.39. The molecule has 1 N–H and O–H groups in total. The zero-order valence-electron chi connectivity index (χ0n) is 15.6. The Morgan fingerprint density at radius 2 is 2.19 bits per heavy atom. The van der Waals surface area contributed by atoms with Gasteiger partial charge in [0.25, 0.3) is 0 Å². The average Bonchev–Trinajstić information content (AvgIpc) is 3.14. The normalized spacial score (nSPS) is 23.4. The lowest BCUT2D eigenvalue weighted by atomic mass is 9.94. The number of fused-ring (bicyclic) bond motifs is 4. The first-order valence-electron chi connectivity index (χ1n) is 9.49. The molecule has 26 heavy (non-hydrogen) atoms. The van der Waals surface area contributed by atoms with Gasteiger partial charge in [0.05, 0.1) is 16.9 Å². The third-order valence-electron chi connectivity index (χ3n) is 5.85. The predicted molar refractivity (Wildman–Crippen MR) is 102 cm³/mol. The minimum Gasteiger partial charge on any atom is -0.338 e. The van der Waals surface area contributed by atoms with Gasteiger partial charge in [0.2, 0.25) is 5.91 Å². The Bertz CT molecular complexity index is 737. The topological polar surface area (TPSA) is 65.1 Å². The molecule has 140 valence electrons. The fourth-order valence-corrected chi connectivity index (χ4v) is 5.03. The average molecular weight is 374 g/mol. The van der Waals surface area contributed by atoms with Crippen molar-refractivity contribution in [3.63, 3.8) is 0 Å². The molecule has 0 radical (unpaired) electrons. The van der Waals surface area contributed by atoms with Gasteiger partial charge in [-0.15, -0.1) is 11.3 Å². The quantitative estimate of drug-likeness (QED) is 0.875. The highest BCUT2D eigenvalue weighted by Crippen LogP contribution is 2.29. The Hall–Kier alpha value is -1.73. The van der Waals surface area contributed by atoms with E-state index in [0.717, 1.165) is 56.1 Å². The second kappa shape index (κ2) is 7.48. The largest absolute Gasteiger partial charge is 0.338 e. The van der Waals surface area contributed by atoms with E-state index in [-0.39, 0.29) is 0 Å². The minimum absolute atomic E-state index is 0.301. The van der Waals surface area contributed by atoms with Crippen LogP contribution in [0.4, 0.5) is 0 Å². The van der Waals surface area contributed by atoms with Gasteiger partial charge in [-0.25, -0.2) is 4.98 Å². The van der Waals surface area contributed by atoms with Crippen molar-refractivity contribution in [3.05, 3.63) is 33.5 Å². The number of aromatic nitrogens is 3. The zero-order valence-corrected chi connectivity index (χ0v) is 16.4. The second-order valence-corrected chi connectivity index (χ2v) is 8.45. The van der Waals surface area contributed by atoms with E-state index in [2.05, 4.69) is 30.4 Å². The fourth-order valence-electron chi connectivity index (χ4n) is 4.48. The summed E-state index contributed by atoms with van der Waals surface area (Å²) in [5.41, 5.74) is 6.35. The Morgan fingerprint density at radius 3 is 2.92 bits per heavy atom. The van der Waals surface area contributed by atoms with E-state index in [9.17, 15) is 4.79 Å². The van der Waals surface area contributed by atoms with E-state index in [0.29, 0.717) is 24.3 Å². The first-order chi connectivity index (χ1) is 12.6. The molecular weight excluding hydrogens is 346 g/mol. The molecule has 0 aromatic carbocycles. The first kappa shape index (κ1) is 17.7. The number of nitrogens with zero attached hydrogens (tertiary/aromatic N) is 4. The van der Waals surface area contributed by atoms with E-state index >= 15 is 0 Å². The fraction of sp³-hybridized carbons (Fsp3) is 0.632. The number of nitrogens with one attached hydrogen (secondary N) is 1. The number of piperidine rings is 1. The van der Waals surface area contributed by atoms with Crippen LogP contribution in [0.2, 0.25) is 0 Å². The maximum absolute atomic E-state index is 12.9. The number of H-pyrrole nitrogens is 1. The number of aromatic amines is 1. The molecule has 5 rings (SSSR count). The van der Waals surface area contributed by atoms with Crippen LogP contribution in [-0.2, 0) is 17.8 Å². The monoisotopic (exact) mass is 373 g/mol. The summed E-state index contributed by atoms with van der Waals surface area (Å²) in [7, 11) is 0. The van der Waals surface area contributed by atoms with Gasteiger partial charge in [-0.2, -0.15) is 5.10 Å². The van der Waals surface area contributed by atoms with Gasteiger partial charge < -0.3 is 4.90 Å². The number of rotatable bonds is 5. The highest BCUT2D eigenvalue weighted by Gasteiger charge is 2.37. The highest BCUT2D eigenvalue weighted by molar-refractivity contribution is 7.07. The highest BCUT2D eigenvalue weighted by atomic mass is 32.1. The Morgan fingerprint density at radius 1 is 1.31 bits per heavy atom. The summed E-state index contributed by atoms with van der Waals surface area (Å²) in [4.78, 5) is 22.0. The van der Waals surface area contributed by atoms with Crippen LogP contribution in [0, 0.1) is 19.8 Å². The van der Waals surface area contributed by atoms with Crippen LogP contribution in [0.1, 0.15) is 41.9 Å². The molecule has 0 aliphatic carbocycles. The first-order valence-corrected chi connectivity index (χ1v) is 10.4. The number of carbonyl (C=O) groups is 1. The summed E-state index contributed by atoms with van der Waals surface area (Å²) < 4.78 is 0. The summed E-state index contributed by atoms with van der Waals surface area (Å²) in [6, 6.07) is 0.353. The van der Waals surface area contributed by atoms with Crippen molar-refractivity contribution < 1.29 is 4.79 Å². The molecule has 6 nitrogen and oxygen atoms in total. The van der Waals surface area contributed by atoms with Crippen molar-refractivity contribution in [2.24, 2.45) is 5.92 Å². The summed E-state index contributed by atoms with van der Waals surface area (Å²) in [5.74, 6) is 0.893. The van der Waals surface area contributed by atoms with Crippen molar-refractivity contribution in [2.45, 2.75) is 52.1 Å². The van der Waals surface area contributed by atoms with Crippen LogP contribution in [-0.4, -0.2) is 56.6 Å². The number of aryl methyl sites for hydroxylation is 2. The van der Waals surface area contributed by atoms with E-state index in [1.54, 1.807) is 11.3 Å². The van der Waals surface area contributed by atoms with E-state index in [1.807, 2.05) is 19.4 Å². The van der Waals surface area contributed by atoms with Crippen molar-refractivity contribution in [2.75, 3.05) is 19.6 Å². The third kappa shape index (κ3) is 3.69. The van der Waals surface area contributed by atoms with Crippen LogP contribution in [0.25, 0.3) is 0 Å². The van der Waals surface area contributed by atoms with Crippen molar-refractivity contribution >= 4 is 17.2 Å². The SMILES string of the molecule is Cc1n[nH]c(C)c1CCC(=O)N1C[C@H]2CC[C@@H]1CN(Cc1cscn1)C2. The molecule has 0 spiro atoms. The second-order valence-electron chi connectivity index (χ2n) is 7.73. The molecule has 3 aliphatic rings. The molecule has 5 heterocycles. The summed E-state index contributed by atoms with van der Waals surface area (Å²) in [6.07, 6.45) is 3.73. The van der Waals surface area contributed by atoms with Gasteiger partial charge in [-0.3, -0.25) is 14.8 Å².